The summed E-state index contributed by atoms with van der Waals surface area (Å²) in [7, 11) is -3.21. The van der Waals surface area contributed by atoms with Gasteiger partial charge in [-0.2, -0.15) is 0 Å². The van der Waals surface area contributed by atoms with Crippen molar-refractivity contribution in [3.05, 3.63) is 0 Å². The minimum atomic E-state index is -3.21. The lowest BCUT2D eigenvalue weighted by molar-refractivity contribution is 0.406. The summed E-state index contributed by atoms with van der Waals surface area (Å²) in [5, 5.41) is 6.99. The highest BCUT2D eigenvalue weighted by Gasteiger charge is 2.22. The molecule has 19 heavy (non-hydrogen) atoms. The van der Waals surface area contributed by atoms with E-state index in [9.17, 15) is 8.42 Å². The maximum absolute atomic E-state index is 11.2. The zero-order valence-electron chi connectivity index (χ0n) is 12.0. The Balaban J connectivity index is 2.32. The van der Waals surface area contributed by atoms with E-state index in [0.29, 0.717) is 17.7 Å². The smallest absolute Gasteiger partial charge is 0.209 e. The molecule has 0 radical (unpaired) electrons. The predicted octanol–water partition coefficient (Wildman–Crippen LogP) is 1.11. The minimum Gasteiger partial charge on any atom is -0.361 e. The third-order valence-electron chi connectivity index (χ3n) is 3.09. The van der Waals surface area contributed by atoms with E-state index in [1.165, 1.54) is 19.3 Å². The normalized spacial score (nSPS) is 18.1. The average Bonchev–Trinajstić information content (AvgIpc) is 2.25. The van der Waals surface area contributed by atoms with E-state index < -0.39 is 15.6 Å². The van der Waals surface area contributed by atoms with Gasteiger partial charge in [-0.1, -0.05) is 19.3 Å². The topological polar surface area (TPSA) is 70.2 Å². The molecule has 0 aromatic carbocycles. The lowest BCUT2D eigenvalue weighted by atomic mass is 9.96. The fraction of sp³-hybridized carbons (Fsp3) is 0.917. The molecule has 1 saturated carbocycles. The molecule has 0 heterocycles. The number of hydrogen-bond donors (Lipinski definition) is 3. The standard InChI is InChI=1S/C12H25N3O2S2/c1-12(2,15-19(3,16)17)9-13-11(18)14-10-7-5-4-6-8-10/h10,15H,4-9H2,1-3H3,(H2,13,14,18). The van der Waals surface area contributed by atoms with E-state index in [2.05, 4.69) is 15.4 Å². The largest absolute Gasteiger partial charge is 0.361 e. The molecule has 1 rings (SSSR count). The quantitative estimate of drug-likeness (QED) is 0.664. The molecule has 0 saturated heterocycles. The molecular weight excluding hydrogens is 282 g/mol. The summed E-state index contributed by atoms with van der Waals surface area (Å²) in [6, 6.07) is 0.458. The summed E-state index contributed by atoms with van der Waals surface area (Å²) < 4.78 is 25.0. The molecule has 0 aromatic rings. The van der Waals surface area contributed by atoms with Crippen molar-refractivity contribution >= 4 is 27.4 Å². The van der Waals surface area contributed by atoms with Crippen molar-refractivity contribution in [2.24, 2.45) is 0 Å². The number of sulfonamides is 1. The zero-order valence-corrected chi connectivity index (χ0v) is 13.6. The summed E-state index contributed by atoms with van der Waals surface area (Å²) in [4.78, 5) is 0. The van der Waals surface area contributed by atoms with Crippen LogP contribution in [-0.4, -0.2) is 37.9 Å². The van der Waals surface area contributed by atoms with Crippen LogP contribution in [-0.2, 0) is 10.0 Å². The van der Waals surface area contributed by atoms with Crippen LogP contribution in [0.3, 0.4) is 0 Å². The summed E-state index contributed by atoms with van der Waals surface area (Å²) in [5.41, 5.74) is -0.564. The van der Waals surface area contributed by atoms with Crippen molar-refractivity contribution in [2.75, 3.05) is 12.8 Å². The highest BCUT2D eigenvalue weighted by atomic mass is 32.2. The Morgan fingerprint density at radius 2 is 1.84 bits per heavy atom. The molecule has 0 atom stereocenters. The molecule has 0 bridgehead atoms. The maximum atomic E-state index is 11.2. The summed E-state index contributed by atoms with van der Waals surface area (Å²) in [6.07, 6.45) is 7.29. The molecule has 0 spiro atoms. The minimum absolute atomic E-state index is 0.457. The van der Waals surface area contributed by atoms with Gasteiger partial charge in [0.1, 0.15) is 0 Å². The van der Waals surface area contributed by atoms with E-state index >= 15 is 0 Å². The molecule has 0 unspecified atom stereocenters. The first-order valence-corrected chi connectivity index (χ1v) is 9.01. The number of hydrogen-bond acceptors (Lipinski definition) is 3. The Labute approximate surface area is 122 Å². The first-order valence-electron chi connectivity index (χ1n) is 6.71. The molecule has 5 nitrogen and oxygen atoms in total. The van der Waals surface area contributed by atoms with Gasteiger partial charge in [-0.15, -0.1) is 0 Å². The second-order valence-corrected chi connectivity index (χ2v) is 8.08. The van der Waals surface area contributed by atoms with Gasteiger partial charge >= 0.3 is 0 Å². The number of thiocarbonyl (C=S) groups is 1. The van der Waals surface area contributed by atoms with Crippen LogP contribution in [0.5, 0.6) is 0 Å². The summed E-state index contributed by atoms with van der Waals surface area (Å²) >= 11 is 5.24. The third-order valence-corrected chi connectivity index (χ3v) is 4.28. The molecule has 1 aliphatic rings. The van der Waals surface area contributed by atoms with Crippen LogP contribution in [0.4, 0.5) is 0 Å². The van der Waals surface area contributed by atoms with Crippen molar-refractivity contribution in [2.45, 2.75) is 57.5 Å². The van der Waals surface area contributed by atoms with Crippen LogP contribution < -0.4 is 15.4 Å². The Bertz CT molecular complexity index is 401. The fourth-order valence-electron chi connectivity index (χ4n) is 2.32. The lowest BCUT2D eigenvalue weighted by Gasteiger charge is -2.28. The van der Waals surface area contributed by atoms with Crippen LogP contribution in [0.2, 0.25) is 0 Å². The van der Waals surface area contributed by atoms with Crippen molar-refractivity contribution in [3.63, 3.8) is 0 Å². The first kappa shape index (κ1) is 16.7. The molecular formula is C12H25N3O2S2. The molecule has 0 amide bonds. The Hall–Kier alpha value is -0.400. The van der Waals surface area contributed by atoms with Crippen LogP contribution in [0.25, 0.3) is 0 Å². The van der Waals surface area contributed by atoms with Gasteiger partial charge in [0.15, 0.2) is 5.11 Å². The van der Waals surface area contributed by atoms with E-state index in [4.69, 9.17) is 12.2 Å². The van der Waals surface area contributed by atoms with Gasteiger partial charge in [-0.05, 0) is 38.9 Å². The summed E-state index contributed by atoms with van der Waals surface area (Å²) in [6.45, 7) is 4.10. The Morgan fingerprint density at radius 1 is 1.26 bits per heavy atom. The van der Waals surface area contributed by atoms with Gasteiger partial charge in [-0.3, -0.25) is 0 Å². The van der Waals surface area contributed by atoms with Crippen LogP contribution in [0.15, 0.2) is 0 Å². The molecule has 0 aromatic heterocycles. The van der Waals surface area contributed by atoms with Crippen LogP contribution in [0.1, 0.15) is 46.0 Å². The van der Waals surface area contributed by atoms with Crippen molar-refractivity contribution in [3.8, 4) is 0 Å². The van der Waals surface area contributed by atoms with Gasteiger partial charge < -0.3 is 10.6 Å². The van der Waals surface area contributed by atoms with E-state index in [0.717, 1.165) is 19.1 Å². The molecule has 0 aliphatic heterocycles. The molecule has 7 heteroatoms. The molecule has 1 fully saturated rings. The molecule has 112 valence electrons. The highest BCUT2D eigenvalue weighted by molar-refractivity contribution is 7.88. The van der Waals surface area contributed by atoms with Gasteiger partial charge in [-0.25, -0.2) is 13.1 Å². The van der Waals surface area contributed by atoms with Crippen molar-refractivity contribution in [1.29, 1.82) is 0 Å². The van der Waals surface area contributed by atoms with Gasteiger partial charge in [0.05, 0.1) is 6.26 Å². The molecule has 3 N–H and O–H groups in total. The van der Waals surface area contributed by atoms with Crippen LogP contribution >= 0.6 is 12.2 Å². The SMILES string of the molecule is CC(C)(CNC(=S)NC1CCCCC1)NS(C)(=O)=O. The average molecular weight is 307 g/mol. The first-order chi connectivity index (χ1) is 8.68. The monoisotopic (exact) mass is 307 g/mol. The zero-order chi connectivity index (χ0) is 14.5. The Kier molecular flexibility index (Phi) is 6.01. The lowest BCUT2D eigenvalue weighted by Crippen LogP contribution is -2.53. The van der Waals surface area contributed by atoms with Crippen LogP contribution in [0, 0.1) is 0 Å². The number of nitrogens with one attached hydrogen (secondary N) is 3. The third kappa shape index (κ3) is 7.69. The van der Waals surface area contributed by atoms with Gasteiger partial charge in [0.2, 0.25) is 10.0 Å². The van der Waals surface area contributed by atoms with E-state index in [1.807, 2.05) is 13.8 Å². The van der Waals surface area contributed by atoms with Gasteiger partial charge in [0.25, 0.3) is 0 Å². The van der Waals surface area contributed by atoms with Crippen molar-refractivity contribution in [1.82, 2.24) is 15.4 Å². The van der Waals surface area contributed by atoms with E-state index in [-0.39, 0.29) is 0 Å². The summed E-state index contributed by atoms with van der Waals surface area (Å²) in [5.74, 6) is 0. The fourth-order valence-corrected chi connectivity index (χ4v) is 3.64. The second kappa shape index (κ2) is 6.85. The second-order valence-electron chi connectivity index (χ2n) is 5.92. The predicted molar refractivity (Wildman–Crippen MR) is 82.7 cm³/mol. The van der Waals surface area contributed by atoms with Gasteiger partial charge in [0, 0.05) is 18.1 Å². The Morgan fingerprint density at radius 3 is 2.37 bits per heavy atom. The molecule has 1 aliphatic carbocycles. The van der Waals surface area contributed by atoms with E-state index in [1.54, 1.807) is 0 Å². The highest BCUT2D eigenvalue weighted by Crippen LogP contribution is 2.17. The van der Waals surface area contributed by atoms with Crippen molar-refractivity contribution < 1.29 is 8.42 Å². The number of rotatable bonds is 5. The maximum Gasteiger partial charge on any atom is 0.209 e.